The van der Waals surface area contributed by atoms with Crippen molar-refractivity contribution in [2.75, 3.05) is 32.6 Å². The topological polar surface area (TPSA) is 61.3 Å². The van der Waals surface area contributed by atoms with Crippen LogP contribution in [0.5, 0.6) is 0 Å². The monoisotopic (exact) mass is 280 g/mol. The van der Waals surface area contributed by atoms with Gasteiger partial charge in [-0.15, -0.1) is 11.3 Å². The lowest BCUT2D eigenvalue weighted by molar-refractivity contribution is 0.215. The van der Waals surface area contributed by atoms with Gasteiger partial charge in [0.05, 0.1) is 18.5 Å². The summed E-state index contributed by atoms with van der Waals surface area (Å²) in [7, 11) is 3.84. The smallest absolute Gasteiger partial charge is 0.146 e. The Kier molecular flexibility index (Phi) is 4.34. The molecular weight excluding hydrogens is 260 g/mol. The molecule has 6 heteroatoms. The van der Waals surface area contributed by atoms with Gasteiger partial charge in [-0.05, 0) is 26.5 Å². The van der Waals surface area contributed by atoms with Crippen molar-refractivity contribution in [2.45, 2.75) is 20.4 Å². The average Bonchev–Trinajstić information content (AvgIpc) is 2.64. The van der Waals surface area contributed by atoms with Gasteiger partial charge >= 0.3 is 0 Å². The van der Waals surface area contributed by atoms with Crippen LogP contribution in [0.1, 0.15) is 16.3 Å². The molecule has 0 unspecified atom stereocenters. The SMILES string of the molecule is CNc1nc(CN(C)CCO)nc2sc(C)c(C)c12. The number of thiophene rings is 1. The lowest BCUT2D eigenvalue weighted by Gasteiger charge is -2.14. The van der Waals surface area contributed by atoms with Gasteiger partial charge in [-0.3, -0.25) is 4.90 Å². The van der Waals surface area contributed by atoms with E-state index in [1.54, 1.807) is 11.3 Å². The van der Waals surface area contributed by atoms with Gasteiger partial charge in [-0.25, -0.2) is 9.97 Å². The zero-order valence-electron chi connectivity index (χ0n) is 11.8. The van der Waals surface area contributed by atoms with Gasteiger partial charge in [0.1, 0.15) is 16.5 Å². The number of anilines is 1. The van der Waals surface area contributed by atoms with Crippen molar-refractivity contribution in [1.29, 1.82) is 0 Å². The molecule has 0 aliphatic rings. The van der Waals surface area contributed by atoms with Crippen molar-refractivity contribution in [3.8, 4) is 0 Å². The van der Waals surface area contributed by atoms with Crippen molar-refractivity contribution in [3.63, 3.8) is 0 Å². The summed E-state index contributed by atoms with van der Waals surface area (Å²) in [4.78, 5) is 13.5. The van der Waals surface area contributed by atoms with Crippen molar-refractivity contribution in [3.05, 3.63) is 16.3 Å². The van der Waals surface area contributed by atoms with E-state index in [9.17, 15) is 0 Å². The highest BCUT2D eigenvalue weighted by Crippen LogP contribution is 2.33. The Hall–Kier alpha value is -1.24. The third-order valence-corrected chi connectivity index (χ3v) is 4.31. The molecule has 0 atom stereocenters. The third-order valence-electron chi connectivity index (χ3n) is 3.20. The first kappa shape index (κ1) is 14.2. The fraction of sp³-hybridized carbons (Fsp3) is 0.538. The summed E-state index contributed by atoms with van der Waals surface area (Å²) in [5.41, 5.74) is 1.25. The Labute approximate surface area is 117 Å². The number of aliphatic hydroxyl groups is 1. The van der Waals surface area contributed by atoms with Crippen LogP contribution in [0.15, 0.2) is 0 Å². The second-order valence-electron chi connectivity index (χ2n) is 4.66. The molecule has 2 aromatic heterocycles. The maximum Gasteiger partial charge on any atom is 0.146 e. The molecule has 2 aromatic rings. The number of likely N-dealkylation sites (N-methyl/N-ethyl adjacent to an activating group) is 1. The van der Waals surface area contributed by atoms with E-state index in [2.05, 4.69) is 29.1 Å². The van der Waals surface area contributed by atoms with Crippen LogP contribution in [0.2, 0.25) is 0 Å². The van der Waals surface area contributed by atoms with E-state index in [4.69, 9.17) is 5.11 Å². The lowest BCUT2D eigenvalue weighted by atomic mass is 10.2. The fourth-order valence-electron chi connectivity index (χ4n) is 2.04. The summed E-state index contributed by atoms with van der Waals surface area (Å²) in [6.45, 7) is 5.63. The molecular formula is C13H20N4OS. The standard InChI is InChI=1S/C13H20N4OS/c1-8-9(2)19-13-11(8)12(14-3)15-10(16-13)7-17(4)5-6-18/h18H,5-7H2,1-4H3,(H,14,15,16). The fourth-order valence-corrected chi connectivity index (χ4v) is 3.08. The predicted octanol–water partition coefficient (Wildman–Crippen LogP) is 1.77. The Morgan fingerprint density at radius 2 is 2.05 bits per heavy atom. The van der Waals surface area contributed by atoms with Crippen LogP contribution in [0.4, 0.5) is 5.82 Å². The summed E-state index contributed by atoms with van der Waals surface area (Å²) in [6, 6.07) is 0. The molecule has 0 aromatic carbocycles. The van der Waals surface area contributed by atoms with Crippen LogP contribution in [0.25, 0.3) is 10.2 Å². The number of nitrogens with one attached hydrogen (secondary N) is 1. The average molecular weight is 280 g/mol. The second kappa shape index (κ2) is 5.81. The molecule has 0 radical (unpaired) electrons. The van der Waals surface area contributed by atoms with E-state index in [0.717, 1.165) is 21.9 Å². The van der Waals surface area contributed by atoms with Gasteiger partial charge < -0.3 is 10.4 Å². The number of aliphatic hydroxyl groups excluding tert-OH is 1. The van der Waals surface area contributed by atoms with Crippen LogP contribution in [-0.4, -0.2) is 47.2 Å². The highest BCUT2D eigenvalue weighted by molar-refractivity contribution is 7.18. The quantitative estimate of drug-likeness (QED) is 0.874. The number of rotatable bonds is 5. The third kappa shape index (κ3) is 2.86. The number of aryl methyl sites for hydroxylation is 2. The normalized spacial score (nSPS) is 11.5. The van der Waals surface area contributed by atoms with Gasteiger partial charge in [0.25, 0.3) is 0 Å². The second-order valence-corrected chi connectivity index (χ2v) is 5.87. The van der Waals surface area contributed by atoms with Crippen molar-refractivity contribution in [2.24, 2.45) is 0 Å². The van der Waals surface area contributed by atoms with Gasteiger partial charge in [-0.1, -0.05) is 0 Å². The molecule has 2 rings (SSSR count). The molecule has 2 heterocycles. The van der Waals surface area contributed by atoms with Gasteiger partial charge in [0, 0.05) is 18.5 Å². The van der Waals surface area contributed by atoms with Crippen LogP contribution < -0.4 is 5.32 Å². The molecule has 0 bridgehead atoms. The first-order valence-electron chi connectivity index (χ1n) is 6.30. The van der Waals surface area contributed by atoms with E-state index in [1.165, 1.54) is 10.4 Å². The summed E-state index contributed by atoms with van der Waals surface area (Å²) in [6.07, 6.45) is 0. The highest BCUT2D eigenvalue weighted by Gasteiger charge is 2.14. The molecule has 0 fully saturated rings. The van der Waals surface area contributed by atoms with Crippen LogP contribution in [-0.2, 0) is 6.54 Å². The summed E-state index contributed by atoms with van der Waals surface area (Å²) < 4.78 is 0. The lowest BCUT2D eigenvalue weighted by Crippen LogP contribution is -2.22. The molecule has 2 N–H and O–H groups in total. The summed E-state index contributed by atoms with van der Waals surface area (Å²) in [5.74, 6) is 1.67. The minimum absolute atomic E-state index is 0.148. The number of nitrogens with zero attached hydrogens (tertiary/aromatic N) is 3. The number of hydrogen-bond donors (Lipinski definition) is 2. The minimum Gasteiger partial charge on any atom is -0.395 e. The zero-order valence-corrected chi connectivity index (χ0v) is 12.6. The maximum atomic E-state index is 8.93. The zero-order chi connectivity index (χ0) is 14.0. The van der Waals surface area contributed by atoms with Crippen molar-refractivity contribution in [1.82, 2.24) is 14.9 Å². The number of fused-ring (bicyclic) bond motifs is 1. The molecule has 0 amide bonds. The van der Waals surface area contributed by atoms with Crippen molar-refractivity contribution >= 4 is 27.4 Å². The van der Waals surface area contributed by atoms with Crippen molar-refractivity contribution < 1.29 is 5.11 Å². The van der Waals surface area contributed by atoms with E-state index in [1.807, 2.05) is 19.0 Å². The molecule has 0 spiro atoms. The minimum atomic E-state index is 0.148. The molecule has 19 heavy (non-hydrogen) atoms. The molecule has 5 nitrogen and oxygen atoms in total. The van der Waals surface area contributed by atoms with E-state index >= 15 is 0 Å². The molecule has 0 saturated carbocycles. The molecule has 104 valence electrons. The Balaban J connectivity index is 2.42. The van der Waals surface area contributed by atoms with Gasteiger partial charge in [0.15, 0.2) is 0 Å². The summed E-state index contributed by atoms with van der Waals surface area (Å²) >= 11 is 1.70. The molecule has 0 saturated heterocycles. The highest BCUT2D eigenvalue weighted by atomic mass is 32.1. The van der Waals surface area contributed by atoms with Gasteiger partial charge in [-0.2, -0.15) is 0 Å². The van der Waals surface area contributed by atoms with E-state index < -0.39 is 0 Å². The van der Waals surface area contributed by atoms with Crippen LogP contribution in [0, 0.1) is 13.8 Å². The van der Waals surface area contributed by atoms with E-state index in [0.29, 0.717) is 13.1 Å². The largest absolute Gasteiger partial charge is 0.395 e. The number of hydrogen-bond acceptors (Lipinski definition) is 6. The Bertz CT molecular complexity index is 582. The van der Waals surface area contributed by atoms with Gasteiger partial charge in [0.2, 0.25) is 0 Å². The Morgan fingerprint density at radius 1 is 1.32 bits per heavy atom. The van der Waals surface area contributed by atoms with Crippen LogP contribution >= 0.6 is 11.3 Å². The first-order chi connectivity index (χ1) is 9.06. The molecule has 0 aliphatic heterocycles. The number of aromatic nitrogens is 2. The van der Waals surface area contributed by atoms with Crippen LogP contribution in [0.3, 0.4) is 0 Å². The molecule has 0 aliphatic carbocycles. The van der Waals surface area contributed by atoms with E-state index in [-0.39, 0.29) is 6.61 Å². The Morgan fingerprint density at radius 3 is 2.68 bits per heavy atom. The maximum absolute atomic E-state index is 8.93. The first-order valence-corrected chi connectivity index (χ1v) is 7.12. The summed E-state index contributed by atoms with van der Waals surface area (Å²) in [5, 5.41) is 13.2. The predicted molar refractivity (Wildman–Crippen MR) is 79.9 cm³/mol.